The molecule has 0 saturated heterocycles. The number of allylic oxidation sites excluding steroid dienone is 1. The number of carboxylic acid groups (broad SMARTS) is 1. The van der Waals surface area contributed by atoms with Gasteiger partial charge in [0.2, 0.25) is 0 Å². The van der Waals surface area contributed by atoms with Gasteiger partial charge in [0, 0.05) is 5.56 Å². The standard InChI is InChI=1S/C20H20O4/c1-3-15-4-6-16(7-5-15)8-13-19(21)17-9-11-18(12-10-17)24-14(2)20(22)23/h4-14H,3H2,1-2H3,(H,22,23)/p-1/b13-8+/t14-/m1/s1. The Morgan fingerprint density at radius 2 is 1.71 bits per heavy atom. The number of carbonyl (C=O) groups is 2. The first kappa shape index (κ1) is 17.5. The van der Waals surface area contributed by atoms with Gasteiger partial charge in [0.15, 0.2) is 5.78 Å². The lowest BCUT2D eigenvalue weighted by atomic mass is 10.1. The molecule has 0 spiro atoms. The fourth-order valence-corrected chi connectivity index (χ4v) is 2.08. The van der Waals surface area contributed by atoms with Crippen LogP contribution in [0.25, 0.3) is 6.08 Å². The summed E-state index contributed by atoms with van der Waals surface area (Å²) in [5, 5.41) is 10.6. The van der Waals surface area contributed by atoms with Crippen molar-refractivity contribution < 1.29 is 19.4 Å². The average molecular weight is 323 g/mol. The lowest BCUT2D eigenvalue weighted by Crippen LogP contribution is -2.37. The van der Waals surface area contributed by atoms with Crippen molar-refractivity contribution in [2.75, 3.05) is 0 Å². The van der Waals surface area contributed by atoms with E-state index in [9.17, 15) is 14.7 Å². The highest BCUT2D eigenvalue weighted by atomic mass is 16.5. The van der Waals surface area contributed by atoms with Crippen molar-refractivity contribution in [1.29, 1.82) is 0 Å². The van der Waals surface area contributed by atoms with Gasteiger partial charge in [-0.05, 0) is 54.8 Å². The Bertz CT molecular complexity index is 727. The van der Waals surface area contributed by atoms with Crippen LogP contribution >= 0.6 is 0 Å². The third-order valence-corrected chi connectivity index (χ3v) is 3.60. The Balaban J connectivity index is 2.01. The molecule has 0 aliphatic carbocycles. The number of ketones is 1. The summed E-state index contributed by atoms with van der Waals surface area (Å²) in [5.74, 6) is -1.04. The van der Waals surface area contributed by atoms with E-state index in [1.54, 1.807) is 30.3 Å². The summed E-state index contributed by atoms with van der Waals surface area (Å²) >= 11 is 0. The Labute approximate surface area is 141 Å². The largest absolute Gasteiger partial charge is 0.546 e. The van der Waals surface area contributed by atoms with Crippen LogP contribution in [-0.2, 0) is 11.2 Å². The summed E-state index contributed by atoms with van der Waals surface area (Å²) < 4.78 is 5.17. The second-order valence-electron chi connectivity index (χ2n) is 5.40. The van der Waals surface area contributed by atoms with Gasteiger partial charge in [-0.1, -0.05) is 37.3 Å². The Morgan fingerprint density at radius 1 is 1.08 bits per heavy atom. The van der Waals surface area contributed by atoms with Crippen LogP contribution < -0.4 is 9.84 Å². The average Bonchev–Trinajstić information content (AvgIpc) is 2.60. The van der Waals surface area contributed by atoms with Crippen LogP contribution in [0.4, 0.5) is 0 Å². The molecule has 0 amide bonds. The monoisotopic (exact) mass is 323 g/mol. The molecule has 2 rings (SSSR count). The van der Waals surface area contributed by atoms with Crippen molar-refractivity contribution >= 4 is 17.8 Å². The van der Waals surface area contributed by atoms with Crippen LogP contribution in [0.2, 0.25) is 0 Å². The first-order valence-corrected chi connectivity index (χ1v) is 7.78. The molecule has 0 saturated carbocycles. The van der Waals surface area contributed by atoms with Gasteiger partial charge in [-0.3, -0.25) is 4.79 Å². The minimum absolute atomic E-state index is 0.130. The summed E-state index contributed by atoms with van der Waals surface area (Å²) in [5.41, 5.74) is 2.72. The fraction of sp³-hybridized carbons (Fsp3) is 0.200. The molecule has 0 aliphatic rings. The Hall–Kier alpha value is -2.88. The zero-order valence-corrected chi connectivity index (χ0v) is 13.7. The highest BCUT2D eigenvalue weighted by Crippen LogP contribution is 2.15. The van der Waals surface area contributed by atoms with Gasteiger partial charge in [0.1, 0.15) is 11.9 Å². The lowest BCUT2D eigenvalue weighted by Gasteiger charge is -2.15. The normalized spacial score (nSPS) is 12.1. The van der Waals surface area contributed by atoms with Crippen molar-refractivity contribution in [1.82, 2.24) is 0 Å². The third-order valence-electron chi connectivity index (χ3n) is 3.60. The second-order valence-corrected chi connectivity index (χ2v) is 5.40. The molecule has 2 aromatic carbocycles. The first-order chi connectivity index (χ1) is 11.5. The molecule has 4 heteroatoms. The fourth-order valence-electron chi connectivity index (χ4n) is 2.08. The van der Waals surface area contributed by atoms with Crippen LogP contribution in [0.15, 0.2) is 54.6 Å². The molecule has 124 valence electrons. The molecule has 0 heterocycles. The van der Waals surface area contributed by atoms with Crippen LogP contribution in [0, 0.1) is 0 Å². The van der Waals surface area contributed by atoms with E-state index in [0.717, 1.165) is 12.0 Å². The van der Waals surface area contributed by atoms with Crippen LogP contribution in [-0.4, -0.2) is 17.9 Å². The van der Waals surface area contributed by atoms with Crippen LogP contribution in [0.5, 0.6) is 5.75 Å². The van der Waals surface area contributed by atoms with Crippen molar-refractivity contribution in [3.05, 3.63) is 71.3 Å². The molecule has 2 aromatic rings. The van der Waals surface area contributed by atoms with Gasteiger partial charge in [-0.2, -0.15) is 0 Å². The van der Waals surface area contributed by atoms with Gasteiger partial charge < -0.3 is 14.6 Å². The number of aryl methyl sites for hydroxylation is 1. The van der Waals surface area contributed by atoms with Crippen LogP contribution in [0.3, 0.4) is 0 Å². The van der Waals surface area contributed by atoms with E-state index in [-0.39, 0.29) is 5.78 Å². The molecule has 0 aliphatic heterocycles. The van der Waals surface area contributed by atoms with Gasteiger partial charge in [-0.15, -0.1) is 0 Å². The number of aliphatic carboxylic acids is 1. The van der Waals surface area contributed by atoms with Gasteiger partial charge >= 0.3 is 0 Å². The van der Waals surface area contributed by atoms with E-state index in [1.807, 2.05) is 24.3 Å². The predicted molar refractivity (Wildman–Crippen MR) is 90.7 cm³/mol. The number of carboxylic acids is 1. The molecule has 0 unspecified atom stereocenters. The van der Waals surface area contributed by atoms with Crippen molar-refractivity contribution in [2.45, 2.75) is 26.4 Å². The smallest absolute Gasteiger partial charge is 0.185 e. The number of hydrogen-bond donors (Lipinski definition) is 0. The maximum absolute atomic E-state index is 12.2. The topological polar surface area (TPSA) is 66.4 Å². The molecule has 0 N–H and O–H groups in total. The summed E-state index contributed by atoms with van der Waals surface area (Å²) in [4.78, 5) is 22.8. The maximum atomic E-state index is 12.2. The Kier molecular flexibility index (Phi) is 5.90. The molecular formula is C20H19O4-. The zero-order chi connectivity index (χ0) is 17.5. The molecule has 0 fully saturated rings. The molecule has 0 radical (unpaired) electrons. The SMILES string of the molecule is CCc1ccc(/C=C/C(=O)c2ccc(O[C@H](C)C(=O)[O-])cc2)cc1. The number of ether oxygens (including phenoxy) is 1. The van der Waals surface area contributed by atoms with E-state index >= 15 is 0 Å². The first-order valence-electron chi connectivity index (χ1n) is 7.78. The van der Waals surface area contributed by atoms with E-state index in [4.69, 9.17) is 4.74 Å². The minimum Gasteiger partial charge on any atom is -0.546 e. The highest BCUT2D eigenvalue weighted by Gasteiger charge is 2.06. The summed E-state index contributed by atoms with van der Waals surface area (Å²) in [6, 6.07) is 14.4. The molecule has 0 aromatic heterocycles. The van der Waals surface area contributed by atoms with Crippen LogP contribution in [0.1, 0.15) is 35.3 Å². The maximum Gasteiger partial charge on any atom is 0.185 e. The summed E-state index contributed by atoms with van der Waals surface area (Å²) in [6.45, 7) is 3.48. The molecule has 24 heavy (non-hydrogen) atoms. The van der Waals surface area contributed by atoms with Gasteiger partial charge in [0.05, 0.1) is 5.97 Å². The number of rotatable bonds is 7. The molecule has 4 nitrogen and oxygen atoms in total. The zero-order valence-electron chi connectivity index (χ0n) is 13.7. The summed E-state index contributed by atoms with van der Waals surface area (Å²) in [6.07, 6.45) is 3.22. The molecular weight excluding hydrogens is 304 g/mol. The molecule has 1 atom stereocenters. The van der Waals surface area contributed by atoms with E-state index in [1.165, 1.54) is 18.6 Å². The van der Waals surface area contributed by atoms with E-state index < -0.39 is 12.1 Å². The second kappa shape index (κ2) is 8.11. The number of benzene rings is 2. The number of carbonyl (C=O) groups excluding carboxylic acids is 2. The third kappa shape index (κ3) is 4.81. The van der Waals surface area contributed by atoms with Crippen molar-refractivity contribution in [3.8, 4) is 5.75 Å². The van der Waals surface area contributed by atoms with Gasteiger partial charge in [-0.25, -0.2) is 0 Å². The van der Waals surface area contributed by atoms with Gasteiger partial charge in [0.25, 0.3) is 0 Å². The van der Waals surface area contributed by atoms with Crippen molar-refractivity contribution in [3.63, 3.8) is 0 Å². The number of hydrogen-bond acceptors (Lipinski definition) is 4. The van der Waals surface area contributed by atoms with E-state index in [0.29, 0.717) is 11.3 Å². The summed E-state index contributed by atoms with van der Waals surface area (Å²) in [7, 11) is 0. The van der Waals surface area contributed by atoms with E-state index in [2.05, 4.69) is 6.92 Å². The van der Waals surface area contributed by atoms with Crippen molar-refractivity contribution in [2.24, 2.45) is 0 Å². The lowest BCUT2D eigenvalue weighted by molar-refractivity contribution is -0.312. The predicted octanol–water partition coefficient (Wildman–Crippen LogP) is 2.66. The quantitative estimate of drug-likeness (QED) is 0.580. The minimum atomic E-state index is -1.29. The Morgan fingerprint density at radius 3 is 2.25 bits per heavy atom. The molecule has 0 bridgehead atoms. The highest BCUT2D eigenvalue weighted by molar-refractivity contribution is 6.06.